The number of fused-ring (bicyclic) bond motifs is 1. The van der Waals surface area contributed by atoms with Gasteiger partial charge in [0.2, 0.25) is 0 Å². The Kier molecular flexibility index (Phi) is 19.1. The van der Waals surface area contributed by atoms with E-state index in [2.05, 4.69) is 57.4 Å². The van der Waals surface area contributed by atoms with Crippen LogP contribution in [-0.2, 0) is 11.8 Å². The minimum Gasteiger partial charge on any atom is -0.497 e. The molecule has 0 bridgehead atoms. The summed E-state index contributed by atoms with van der Waals surface area (Å²) in [7, 11) is 3.17. The van der Waals surface area contributed by atoms with Crippen LogP contribution in [0, 0.1) is 5.82 Å². The highest BCUT2D eigenvalue weighted by molar-refractivity contribution is 5.72. The van der Waals surface area contributed by atoms with E-state index in [1.807, 2.05) is 59.8 Å². The van der Waals surface area contributed by atoms with Gasteiger partial charge in [-0.3, -0.25) is 0 Å². The lowest BCUT2D eigenvalue weighted by Gasteiger charge is -2.30. The highest BCUT2D eigenvalue weighted by Gasteiger charge is 2.43. The monoisotopic (exact) mass is 501 g/mol. The summed E-state index contributed by atoms with van der Waals surface area (Å²) >= 11 is 0. The van der Waals surface area contributed by atoms with Crippen LogP contribution >= 0.6 is 0 Å². The van der Waals surface area contributed by atoms with Gasteiger partial charge in [0.05, 0.1) is 14.2 Å². The van der Waals surface area contributed by atoms with Crippen LogP contribution in [0.15, 0.2) is 60.8 Å². The van der Waals surface area contributed by atoms with Crippen LogP contribution in [0.3, 0.4) is 0 Å². The molecule has 2 aromatic rings. The van der Waals surface area contributed by atoms with E-state index in [0.717, 1.165) is 17.9 Å². The Hall–Kier alpha value is -2.75. The second-order valence-electron chi connectivity index (χ2n) is 7.60. The van der Waals surface area contributed by atoms with Crippen molar-refractivity contribution >= 4 is 5.69 Å². The van der Waals surface area contributed by atoms with E-state index in [4.69, 9.17) is 9.47 Å². The minimum absolute atomic E-state index is 0.265. The SMILES string of the molecule is C=C/C=C1\N(CC)c2ccc(OC)cc2C1(C)Cc1ccc(F)c(OC)c1.CC.CC.CC.CCC. The smallest absolute Gasteiger partial charge is 0.165 e. The van der Waals surface area contributed by atoms with E-state index in [-0.39, 0.29) is 17.0 Å². The van der Waals surface area contributed by atoms with Gasteiger partial charge in [0, 0.05) is 23.3 Å². The summed E-state index contributed by atoms with van der Waals surface area (Å²) < 4.78 is 24.5. The Bertz CT molecular complexity index is 907. The van der Waals surface area contributed by atoms with Crippen LogP contribution in [0.4, 0.5) is 10.1 Å². The molecule has 0 saturated carbocycles. The van der Waals surface area contributed by atoms with Gasteiger partial charge < -0.3 is 14.4 Å². The number of ether oxygens (including phenoxy) is 2. The third kappa shape index (κ3) is 8.72. The van der Waals surface area contributed by atoms with Gasteiger partial charge in [0.15, 0.2) is 11.6 Å². The Morgan fingerprint density at radius 1 is 0.917 bits per heavy atom. The summed E-state index contributed by atoms with van der Waals surface area (Å²) in [6, 6.07) is 11.3. The molecule has 3 rings (SSSR count). The number of nitrogens with zero attached hydrogens (tertiary/aromatic N) is 1. The van der Waals surface area contributed by atoms with Crippen molar-refractivity contribution in [1.82, 2.24) is 0 Å². The molecule has 1 aliphatic rings. The van der Waals surface area contributed by atoms with E-state index < -0.39 is 0 Å². The zero-order chi connectivity index (χ0) is 28.3. The van der Waals surface area contributed by atoms with Crippen molar-refractivity contribution in [3.63, 3.8) is 0 Å². The second kappa shape index (κ2) is 19.4. The number of halogens is 1. The van der Waals surface area contributed by atoms with Crippen molar-refractivity contribution in [1.29, 1.82) is 0 Å². The molecule has 0 saturated heterocycles. The fourth-order valence-corrected chi connectivity index (χ4v) is 4.02. The highest BCUT2D eigenvalue weighted by Crippen LogP contribution is 2.50. The standard InChI is InChI=1S/C23H26FNO2.C3H8.3C2H6/c1-6-8-22-23(3,15-16-9-11-19(24)21(13-16)27-5)18-14-17(26-4)10-12-20(18)25(22)7-2;1-3-2;3*1-2/h6,8-14H,1,7,15H2,2-5H3;3H2,1-2H3;3*1-2H3/b22-8-;;;;. The van der Waals surface area contributed by atoms with Crippen molar-refractivity contribution in [3.8, 4) is 11.5 Å². The van der Waals surface area contributed by atoms with Gasteiger partial charge in [-0.2, -0.15) is 0 Å². The van der Waals surface area contributed by atoms with E-state index in [9.17, 15) is 4.39 Å². The number of likely N-dealkylation sites (N-methyl/N-ethyl adjacent to an activating group) is 1. The molecular weight excluding hydrogens is 449 g/mol. The molecule has 4 heteroatoms. The molecule has 1 aliphatic heterocycles. The zero-order valence-electron chi connectivity index (χ0n) is 25.1. The molecule has 0 spiro atoms. The van der Waals surface area contributed by atoms with Crippen molar-refractivity contribution < 1.29 is 13.9 Å². The first-order valence-electron chi connectivity index (χ1n) is 13.5. The molecule has 0 aliphatic carbocycles. The Morgan fingerprint density at radius 2 is 1.50 bits per heavy atom. The summed E-state index contributed by atoms with van der Waals surface area (Å²) in [6.07, 6.45) is 5.85. The fourth-order valence-electron chi connectivity index (χ4n) is 4.02. The first-order chi connectivity index (χ1) is 17.4. The lowest BCUT2D eigenvalue weighted by atomic mass is 9.76. The highest BCUT2D eigenvalue weighted by atomic mass is 19.1. The number of hydrogen-bond donors (Lipinski definition) is 0. The topological polar surface area (TPSA) is 21.7 Å². The molecule has 1 unspecified atom stereocenters. The van der Waals surface area contributed by atoms with Crippen molar-refractivity contribution in [2.24, 2.45) is 0 Å². The van der Waals surface area contributed by atoms with Crippen LogP contribution in [-0.4, -0.2) is 20.8 Å². The van der Waals surface area contributed by atoms with Crippen LogP contribution in [0.5, 0.6) is 11.5 Å². The number of rotatable bonds is 6. The minimum atomic E-state index is -0.350. The maximum absolute atomic E-state index is 13.9. The summed E-state index contributed by atoms with van der Waals surface area (Å²) in [5.74, 6) is 0.742. The quantitative estimate of drug-likeness (QED) is 0.393. The molecule has 1 atom stereocenters. The normalized spacial score (nSPS) is 15.9. The lowest BCUT2D eigenvalue weighted by molar-refractivity contribution is 0.385. The molecule has 2 aromatic carbocycles. The lowest BCUT2D eigenvalue weighted by Crippen LogP contribution is -2.30. The van der Waals surface area contributed by atoms with Gasteiger partial charge in [0.25, 0.3) is 0 Å². The molecule has 204 valence electrons. The largest absolute Gasteiger partial charge is 0.497 e. The van der Waals surface area contributed by atoms with Crippen LogP contribution in [0.1, 0.15) is 86.8 Å². The summed E-state index contributed by atoms with van der Waals surface area (Å²) in [5, 5.41) is 0. The first-order valence-corrected chi connectivity index (χ1v) is 13.5. The second-order valence-corrected chi connectivity index (χ2v) is 7.60. The van der Waals surface area contributed by atoms with Crippen molar-refractivity contribution in [3.05, 3.63) is 77.8 Å². The maximum atomic E-state index is 13.9. The van der Waals surface area contributed by atoms with Crippen molar-refractivity contribution in [2.75, 3.05) is 25.7 Å². The van der Waals surface area contributed by atoms with Crippen molar-refractivity contribution in [2.45, 2.75) is 87.5 Å². The molecule has 3 nitrogen and oxygen atoms in total. The number of hydrogen-bond acceptors (Lipinski definition) is 3. The van der Waals surface area contributed by atoms with Crippen LogP contribution in [0.2, 0.25) is 0 Å². The third-order valence-corrected chi connectivity index (χ3v) is 5.31. The summed E-state index contributed by atoms with van der Waals surface area (Å²) in [6.45, 7) is 25.4. The number of anilines is 1. The van der Waals surface area contributed by atoms with E-state index in [0.29, 0.717) is 6.42 Å². The Morgan fingerprint density at radius 3 is 1.97 bits per heavy atom. The van der Waals surface area contributed by atoms with Crippen LogP contribution < -0.4 is 14.4 Å². The Labute approximate surface area is 222 Å². The zero-order valence-corrected chi connectivity index (χ0v) is 25.1. The van der Waals surface area contributed by atoms with Gasteiger partial charge in [-0.05, 0) is 67.8 Å². The predicted molar refractivity (Wildman–Crippen MR) is 158 cm³/mol. The predicted octanol–water partition coefficient (Wildman–Crippen LogP) is 9.75. The summed E-state index contributed by atoms with van der Waals surface area (Å²) in [4.78, 5) is 2.30. The third-order valence-electron chi connectivity index (χ3n) is 5.31. The molecule has 0 amide bonds. The van der Waals surface area contributed by atoms with Gasteiger partial charge in [0.1, 0.15) is 5.75 Å². The Balaban J connectivity index is 0. The number of methoxy groups -OCH3 is 2. The molecule has 0 fully saturated rings. The number of benzene rings is 2. The van der Waals surface area contributed by atoms with Gasteiger partial charge in [-0.25, -0.2) is 4.39 Å². The number of allylic oxidation sites excluding steroid dienone is 3. The fraction of sp³-hybridized carbons (Fsp3) is 0.500. The van der Waals surface area contributed by atoms with E-state index >= 15 is 0 Å². The van der Waals surface area contributed by atoms with Crippen LogP contribution in [0.25, 0.3) is 0 Å². The van der Waals surface area contributed by atoms with Gasteiger partial charge in [-0.15, -0.1) is 0 Å². The molecule has 0 aromatic heterocycles. The van der Waals surface area contributed by atoms with Gasteiger partial charge >= 0.3 is 0 Å². The molecule has 1 heterocycles. The molecule has 36 heavy (non-hydrogen) atoms. The molecule has 0 N–H and O–H groups in total. The first kappa shape index (κ1) is 35.4. The van der Waals surface area contributed by atoms with Gasteiger partial charge in [-0.1, -0.05) is 80.5 Å². The maximum Gasteiger partial charge on any atom is 0.165 e. The molecule has 0 radical (unpaired) electrons. The average molecular weight is 502 g/mol. The van der Waals surface area contributed by atoms with E-state index in [1.54, 1.807) is 13.2 Å². The molecular formula is C32H52FNO2. The average Bonchev–Trinajstić information content (AvgIpc) is 3.15. The summed E-state index contributed by atoms with van der Waals surface area (Å²) in [5.41, 5.74) is 4.25. The van der Waals surface area contributed by atoms with E-state index in [1.165, 1.54) is 36.5 Å².